The molecule has 1 aromatic rings. The van der Waals surface area contributed by atoms with Gasteiger partial charge in [-0.3, -0.25) is 14.6 Å². The number of nitrogens with zero attached hydrogens (tertiary/aromatic N) is 3. The first-order valence-corrected chi connectivity index (χ1v) is 10.4. The number of aliphatic hydroxyl groups is 1. The average molecular weight is 381 g/mol. The Labute approximate surface area is 163 Å². The molecule has 0 unspecified atom stereocenters. The lowest BCUT2D eigenvalue weighted by atomic mass is 10.1. The van der Waals surface area contributed by atoms with Crippen LogP contribution in [0.15, 0.2) is 10.7 Å². The predicted molar refractivity (Wildman–Crippen MR) is 106 cm³/mol. The molecule has 0 aromatic carbocycles. The number of unbranched alkanes of at least 4 members (excludes halogenated alkanes) is 1. The van der Waals surface area contributed by atoms with Crippen LogP contribution < -0.4 is 5.32 Å². The summed E-state index contributed by atoms with van der Waals surface area (Å²) >= 11 is 0. The van der Waals surface area contributed by atoms with Gasteiger partial charge in [0.25, 0.3) is 5.91 Å². The molecule has 2 atom stereocenters. The van der Waals surface area contributed by atoms with E-state index < -0.39 is 0 Å². The Hall–Kier alpha value is -1.44. The molecule has 0 bridgehead atoms. The third kappa shape index (κ3) is 7.60. The molecule has 2 N–H and O–H groups in total. The van der Waals surface area contributed by atoms with Crippen molar-refractivity contribution in [3.8, 4) is 0 Å². The van der Waals surface area contributed by atoms with Gasteiger partial charge in [0.05, 0.1) is 12.6 Å². The fourth-order valence-electron chi connectivity index (χ4n) is 3.14. The van der Waals surface area contributed by atoms with Crippen molar-refractivity contribution in [3.05, 3.63) is 17.8 Å². The number of amides is 1. The van der Waals surface area contributed by atoms with E-state index >= 15 is 0 Å². The van der Waals surface area contributed by atoms with Gasteiger partial charge in [-0.05, 0) is 12.3 Å². The SMILES string of the molecule is CCCC[C@@H](O)CN1CCN(Cc2nc(C(=O)NC[C@H](C)CC)co2)CC1. The zero-order chi connectivity index (χ0) is 19.6. The second-order valence-electron chi connectivity index (χ2n) is 7.72. The number of oxazole rings is 1. The summed E-state index contributed by atoms with van der Waals surface area (Å²) in [4.78, 5) is 21.0. The smallest absolute Gasteiger partial charge is 0.273 e. The van der Waals surface area contributed by atoms with Crippen LogP contribution in [-0.2, 0) is 6.54 Å². The summed E-state index contributed by atoms with van der Waals surface area (Å²) in [5.74, 6) is 0.869. The summed E-state index contributed by atoms with van der Waals surface area (Å²) in [5, 5.41) is 13.0. The van der Waals surface area contributed by atoms with Gasteiger partial charge in [0.2, 0.25) is 5.89 Å². The maximum atomic E-state index is 12.1. The fourth-order valence-corrected chi connectivity index (χ4v) is 3.14. The minimum absolute atomic E-state index is 0.170. The monoisotopic (exact) mass is 380 g/mol. The van der Waals surface area contributed by atoms with Crippen molar-refractivity contribution >= 4 is 5.91 Å². The normalized spacial score (nSPS) is 18.4. The minimum Gasteiger partial charge on any atom is -0.447 e. The molecule has 1 saturated heterocycles. The van der Waals surface area contributed by atoms with E-state index in [0.717, 1.165) is 58.4 Å². The van der Waals surface area contributed by atoms with Gasteiger partial charge in [-0.15, -0.1) is 0 Å². The number of β-amino-alcohol motifs (C(OH)–C–C–N with tert-alkyl or cyclic N) is 1. The molecule has 7 heteroatoms. The van der Waals surface area contributed by atoms with Crippen LogP contribution in [0.3, 0.4) is 0 Å². The number of carbonyl (C=O) groups is 1. The van der Waals surface area contributed by atoms with Gasteiger partial charge in [0.1, 0.15) is 6.26 Å². The molecule has 2 heterocycles. The highest BCUT2D eigenvalue weighted by atomic mass is 16.3. The van der Waals surface area contributed by atoms with E-state index in [2.05, 4.69) is 40.9 Å². The molecule has 154 valence electrons. The van der Waals surface area contributed by atoms with Gasteiger partial charge in [0.15, 0.2) is 5.69 Å². The van der Waals surface area contributed by atoms with Gasteiger partial charge >= 0.3 is 0 Å². The molecule has 1 fully saturated rings. The first-order valence-electron chi connectivity index (χ1n) is 10.4. The standard InChI is InChI=1S/C20H36N4O3/c1-4-6-7-17(25)13-23-8-10-24(11-9-23)14-19-22-18(15-27-19)20(26)21-12-16(3)5-2/h15-17,25H,4-14H2,1-3H3,(H,21,26)/t16-,17-/m1/s1. The van der Waals surface area contributed by atoms with Crippen LogP contribution in [0.25, 0.3) is 0 Å². The Morgan fingerprint density at radius 1 is 1.30 bits per heavy atom. The molecule has 27 heavy (non-hydrogen) atoms. The topological polar surface area (TPSA) is 81.8 Å². The Balaban J connectivity index is 1.71. The molecule has 0 saturated carbocycles. The molecule has 7 nitrogen and oxygen atoms in total. The molecule has 0 aliphatic carbocycles. The van der Waals surface area contributed by atoms with Crippen LogP contribution in [0.4, 0.5) is 0 Å². The zero-order valence-electron chi connectivity index (χ0n) is 17.1. The van der Waals surface area contributed by atoms with E-state index in [0.29, 0.717) is 30.6 Å². The molecule has 0 radical (unpaired) electrons. The molecule has 1 aliphatic heterocycles. The number of hydrogen-bond acceptors (Lipinski definition) is 6. The molecule has 1 aromatic heterocycles. The van der Waals surface area contributed by atoms with Crippen LogP contribution in [0.2, 0.25) is 0 Å². The Morgan fingerprint density at radius 3 is 2.67 bits per heavy atom. The van der Waals surface area contributed by atoms with Gasteiger partial charge in [-0.25, -0.2) is 4.98 Å². The third-order valence-electron chi connectivity index (χ3n) is 5.28. The molecular weight excluding hydrogens is 344 g/mol. The second-order valence-corrected chi connectivity index (χ2v) is 7.72. The van der Waals surface area contributed by atoms with Crippen LogP contribution in [0.1, 0.15) is 62.8 Å². The van der Waals surface area contributed by atoms with Gasteiger partial charge < -0.3 is 14.8 Å². The van der Waals surface area contributed by atoms with Crippen LogP contribution in [-0.4, -0.2) is 71.2 Å². The number of piperazine rings is 1. The molecule has 1 amide bonds. The number of aromatic nitrogens is 1. The Kier molecular flexibility index (Phi) is 9.24. The summed E-state index contributed by atoms with van der Waals surface area (Å²) in [7, 11) is 0. The van der Waals surface area contributed by atoms with Crippen LogP contribution in [0, 0.1) is 5.92 Å². The van der Waals surface area contributed by atoms with E-state index in [4.69, 9.17) is 4.42 Å². The number of rotatable bonds is 11. The second kappa shape index (κ2) is 11.4. The summed E-state index contributed by atoms with van der Waals surface area (Å²) in [5.41, 5.74) is 0.353. The minimum atomic E-state index is -0.222. The Morgan fingerprint density at radius 2 is 2.00 bits per heavy atom. The van der Waals surface area contributed by atoms with E-state index in [1.54, 1.807) is 0 Å². The zero-order valence-corrected chi connectivity index (χ0v) is 17.1. The highest BCUT2D eigenvalue weighted by Crippen LogP contribution is 2.11. The summed E-state index contributed by atoms with van der Waals surface area (Å²) in [6, 6.07) is 0. The van der Waals surface area contributed by atoms with Gasteiger partial charge in [0, 0.05) is 39.3 Å². The summed E-state index contributed by atoms with van der Waals surface area (Å²) < 4.78 is 5.49. The fraction of sp³-hybridized carbons (Fsp3) is 0.800. The number of nitrogens with one attached hydrogen (secondary N) is 1. The van der Waals surface area contributed by atoms with Crippen molar-refractivity contribution in [1.82, 2.24) is 20.1 Å². The van der Waals surface area contributed by atoms with Crippen molar-refractivity contribution < 1.29 is 14.3 Å². The highest BCUT2D eigenvalue weighted by molar-refractivity contribution is 5.91. The number of carbonyl (C=O) groups excluding carboxylic acids is 1. The van der Waals surface area contributed by atoms with Crippen LogP contribution in [0.5, 0.6) is 0 Å². The maximum Gasteiger partial charge on any atom is 0.273 e. The van der Waals surface area contributed by atoms with E-state index in [9.17, 15) is 9.90 Å². The lowest BCUT2D eigenvalue weighted by Gasteiger charge is -2.35. The quantitative estimate of drug-likeness (QED) is 0.612. The van der Waals surface area contributed by atoms with E-state index in [1.165, 1.54) is 6.26 Å². The van der Waals surface area contributed by atoms with Crippen LogP contribution >= 0.6 is 0 Å². The molecular formula is C20H36N4O3. The highest BCUT2D eigenvalue weighted by Gasteiger charge is 2.21. The van der Waals surface area contributed by atoms with E-state index in [1.807, 2.05) is 0 Å². The first-order chi connectivity index (χ1) is 13.0. The molecule has 1 aliphatic rings. The predicted octanol–water partition coefficient (Wildman–Crippen LogP) is 2.12. The number of hydrogen-bond donors (Lipinski definition) is 2. The third-order valence-corrected chi connectivity index (χ3v) is 5.28. The van der Waals surface area contributed by atoms with E-state index in [-0.39, 0.29) is 12.0 Å². The van der Waals surface area contributed by atoms with Crippen molar-refractivity contribution in [2.24, 2.45) is 5.92 Å². The molecule has 0 spiro atoms. The molecule has 2 rings (SSSR count). The van der Waals surface area contributed by atoms with Crippen molar-refractivity contribution in [2.75, 3.05) is 39.3 Å². The largest absolute Gasteiger partial charge is 0.447 e. The first kappa shape index (κ1) is 21.9. The maximum absolute atomic E-state index is 12.1. The Bertz CT molecular complexity index is 555. The van der Waals surface area contributed by atoms with Gasteiger partial charge in [-0.1, -0.05) is 40.0 Å². The lowest BCUT2D eigenvalue weighted by molar-refractivity contribution is 0.0627. The lowest BCUT2D eigenvalue weighted by Crippen LogP contribution is -2.48. The average Bonchev–Trinajstić information content (AvgIpc) is 3.14. The van der Waals surface area contributed by atoms with Crippen molar-refractivity contribution in [3.63, 3.8) is 0 Å². The van der Waals surface area contributed by atoms with Gasteiger partial charge in [-0.2, -0.15) is 0 Å². The van der Waals surface area contributed by atoms with Crippen molar-refractivity contribution in [2.45, 2.75) is 59.1 Å². The summed E-state index contributed by atoms with van der Waals surface area (Å²) in [6.07, 6.45) is 5.35. The van der Waals surface area contributed by atoms with Crippen molar-refractivity contribution in [1.29, 1.82) is 0 Å². The summed E-state index contributed by atoms with van der Waals surface area (Å²) in [6.45, 7) is 12.1. The number of aliphatic hydroxyl groups excluding tert-OH is 1.